The number of anilines is 1. The van der Waals surface area contributed by atoms with Gasteiger partial charge in [-0.15, -0.1) is 10.2 Å². The van der Waals surface area contributed by atoms with E-state index in [1.807, 2.05) is 29.8 Å². The molecule has 8 heteroatoms. The molecule has 31 heavy (non-hydrogen) atoms. The van der Waals surface area contributed by atoms with Gasteiger partial charge in [-0.25, -0.2) is 0 Å². The van der Waals surface area contributed by atoms with Crippen LogP contribution in [-0.4, -0.2) is 20.7 Å². The molecule has 2 heterocycles. The number of halogens is 3. The van der Waals surface area contributed by atoms with E-state index >= 15 is 0 Å². The topological polar surface area (TPSA) is 51.0 Å². The fourth-order valence-electron chi connectivity index (χ4n) is 5.17. The third-order valence-corrected chi connectivity index (χ3v) is 6.52. The number of fused-ring (bicyclic) bond motifs is 1. The second-order valence-corrected chi connectivity index (χ2v) is 8.63. The molecule has 1 fully saturated rings. The Balaban J connectivity index is 1.55. The first-order valence-electron chi connectivity index (χ1n) is 10.2. The maximum atomic E-state index is 13.5. The molecule has 5 rings (SSSR count). The lowest BCUT2D eigenvalue weighted by Crippen LogP contribution is -2.43. The van der Waals surface area contributed by atoms with E-state index in [0.29, 0.717) is 11.6 Å². The van der Waals surface area contributed by atoms with Crippen LogP contribution in [0, 0.1) is 5.92 Å². The number of carbonyl (C=O) groups is 1. The van der Waals surface area contributed by atoms with Crippen LogP contribution in [0.15, 0.2) is 48.8 Å². The zero-order valence-corrected chi connectivity index (χ0v) is 17.1. The molecule has 0 bridgehead atoms. The Bertz CT molecular complexity index is 1180. The molecule has 0 atom stereocenters. The summed E-state index contributed by atoms with van der Waals surface area (Å²) >= 11 is 0. The average Bonchev–Trinajstić information content (AvgIpc) is 3.28. The number of aromatic nitrogens is 3. The first-order valence-corrected chi connectivity index (χ1v) is 10.2. The number of benzene rings is 2. The van der Waals surface area contributed by atoms with E-state index in [2.05, 4.69) is 17.1 Å². The minimum atomic E-state index is -4.50. The number of alkyl halides is 3. The standard InChI is InChI=1S/C23H21F3N4O/c1-14-10-22(11-14,21-28-27-13-29(21)2)15-5-3-6-16(9-15)30-12-18-17(20(30)31)7-4-8-19(18)23(24,25)26/h3-9,13-14H,10-12H2,1-2H3. The molecular weight excluding hydrogens is 405 g/mol. The zero-order valence-electron chi connectivity index (χ0n) is 17.1. The lowest BCUT2D eigenvalue weighted by atomic mass is 9.58. The van der Waals surface area contributed by atoms with Gasteiger partial charge in [-0.3, -0.25) is 4.79 Å². The van der Waals surface area contributed by atoms with Gasteiger partial charge in [0.1, 0.15) is 12.2 Å². The minimum absolute atomic E-state index is 0.0330. The van der Waals surface area contributed by atoms with Crippen LogP contribution < -0.4 is 4.90 Å². The molecule has 1 aromatic heterocycles. The van der Waals surface area contributed by atoms with Crippen molar-refractivity contribution >= 4 is 11.6 Å². The molecule has 1 aliphatic heterocycles. The van der Waals surface area contributed by atoms with Crippen molar-refractivity contribution < 1.29 is 18.0 Å². The second kappa shape index (κ2) is 6.67. The minimum Gasteiger partial charge on any atom is -0.320 e. The molecule has 0 unspecified atom stereocenters. The Kier molecular flexibility index (Phi) is 4.26. The van der Waals surface area contributed by atoms with E-state index in [4.69, 9.17) is 0 Å². The van der Waals surface area contributed by atoms with Crippen LogP contribution in [0.4, 0.5) is 18.9 Å². The van der Waals surface area contributed by atoms with Gasteiger partial charge >= 0.3 is 6.18 Å². The SMILES string of the molecule is CC1CC(c2cccc(N3Cc4c(cccc4C(F)(F)F)C3=O)c2)(c2nncn2C)C1. The smallest absolute Gasteiger partial charge is 0.320 e. The number of hydrogen-bond donors (Lipinski definition) is 0. The molecule has 5 nitrogen and oxygen atoms in total. The fraction of sp³-hybridized carbons (Fsp3) is 0.348. The van der Waals surface area contributed by atoms with Crippen LogP contribution in [0.2, 0.25) is 0 Å². The van der Waals surface area contributed by atoms with Gasteiger partial charge in [0.05, 0.1) is 17.5 Å². The van der Waals surface area contributed by atoms with Crippen molar-refractivity contribution in [2.75, 3.05) is 4.90 Å². The predicted molar refractivity (Wildman–Crippen MR) is 109 cm³/mol. The quantitative estimate of drug-likeness (QED) is 0.610. The number of carbonyl (C=O) groups excluding carboxylic acids is 1. The number of amides is 1. The Morgan fingerprint density at radius 3 is 2.52 bits per heavy atom. The molecule has 1 amide bonds. The monoisotopic (exact) mass is 426 g/mol. The number of rotatable bonds is 3. The van der Waals surface area contributed by atoms with Crippen molar-refractivity contribution in [2.45, 2.75) is 37.9 Å². The van der Waals surface area contributed by atoms with Crippen molar-refractivity contribution in [3.8, 4) is 0 Å². The van der Waals surface area contributed by atoms with Gasteiger partial charge in [0.25, 0.3) is 5.91 Å². The third kappa shape index (κ3) is 2.96. The molecule has 0 saturated heterocycles. The van der Waals surface area contributed by atoms with Crippen molar-refractivity contribution in [1.29, 1.82) is 0 Å². The van der Waals surface area contributed by atoms with E-state index in [1.54, 1.807) is 12.4 Å². The number of aryl methyl sites for hydroxylation is 1. The van der Waals surface area contributed by atoms with Gasteiger partial charge in [-0.05, 0) is 54.2 Å². The van der Waals surface area contributed by atoms with Gasteiger partial charge in [0.15, 0.2) is 0 Å². The highest BCUT2D eigenvalue weighted by Crippen LogP contribution is 2.52. The van der Waals surface area contributed by atoms with Gasteiger partial charge in [-0.1, -0.05) is 25.1 Å². The average molecular weight is 426 g/mol. The first-order chi connectivity index (χ1) is 14.7. The van der Waals surface area contributed by atoms with E-state index in [1.165, 1.54) is 17.0 Å². The third-order valence-electron chi connectivity index (χ3n) is 6.52. The van der Waals surface area contributed by atoms with Crippen LogP contribution >= 0.6 is 0 Å². The normalized spacial score (nSPS) is 23.1. The van der Waals surface area contributed by atoms with Crippen LogP contribution in [-0.2, 0) is 25.2 Å². The lowest BCUT2D eigenvalue weighted by molar-refractivity contribution is -0.138. The lowest BCUT2D eigenvalue weighted by Gasteiger charge is -2.46. The highest BCUT2D eigenvalue weighted by atomic mass is 19.4. The molecular formula is C23H21F3N4O. The Morgan fingerprint density at radius 2 is 1.87 bits per heavy atom. The summed E-state index contributed by atoms with van der Waals surface area (Å²) in [4.78, 5) is 14.4. The summed E-state index contributed by atoms with van der Waals surface area (Å²) in [5.41, 5.74) is 0.673. The van der Waals surface area contributed by atoms with Crippen LogP contribution in [0.25, 0.3) is 0 Å². The number of nitrogens with zero attached hydrogens (tertiary/aromatic N) is 4. The Hall–Kier alpha value is -3.16. The molecule has 160 valence electrons. The van der Waals surface area contributed by atoms with Crippen molar-refractivity contribution in [2.24, 2.45) is 13.0 Å². The summed E-state index contributed by atoms with van der Waals surface area (Å²) in [5.74, 6) is 0.971. The molecule has 0 spiro atoms. The van der Waals surface area contributed by atoms with Crippen LogP contribution in [0.1, 0.15) is 52.6 Å². The van der Waals surface area contributed by atoms with Gasteiger partial charge in [-0.2, -0.15) is 13.2 Å². The first kappa shape index (κ1) is 19.8. The van der Waals surface area contributed by atoms with Gasteiger partial charge < -0.3 is 9.47 Å². The molecule has 1 saturated carbocycles. The zero-order chi connectivity index (χ0) is 22.0. The van der Waals surface area contributed by atoms with E-state index in [0.717, 1.165) is 30.3 Å². The molecule has 3 aromatic rings. The summed E-state index contributed by atoms with van der Waals surface area (Å²) in [6, 6.07) is 11.3. The predicted octanol–water partition coefficient (Wildman–Crippen LogP) is 4.71. The Labute approximate surface area is 177 Å². The van der Waals surface area contributed by atoms with Gasteiger partial charge in [0, 0.05) is 18.3 Å². The summed E-state index contributed by atoms with van der Waals surface area (Å²) < 4.78 is 42.3. The molecule has 0 N–H and O–H groups in total. The van der Waals surface area contributed by atoms with Crippen molar-refractivity contribution in [3.63, 3.8) is 0 Å². The van der Waals surface area contributed by atoms with Crippen molar-refractivity contribution in [3.05, 3.63) is 76.9 Å². The maximum Gasteiger partial charge on any atom is 0.416 e. The second-order valence-electron chi connectivity index (χ2n) is 8.63. The summed E-state index contributed by atoms with van der Waals surface area (Å²) in [6.07, 6.45) is -1.03. The Morgan fingerprint density at radius 1 is 1.13 bits per heavy atom. The van der Waals surface area contributed by atoms with E-state index in [9.17, 15) is 18.0 Å². The fourth-order valence-corrected chi connectivity index (χ4v) is 5.17. The van der Waals surface area contributed by atoms with E-state index < -0.39 is 17.6 Å². The van der Waals surface area contributed by atoms with Gasteiger partial charge in [0.2, 0.25) is 0 Å². The summed E-state index contributed by atoms with van der Waals surface area (Å²) in [5, 5.41) is 8.38. The summed E-state index contributed by atoms with van der Waals surface area (Å²) in [7, 11) is 1.91. The molecule has 2 aliphatic rings. The highest BCUT2D eigenvalue weighted by molar-refractivity contribution is 6.10. The molecule has 1 aliphatic carbocycles. The largest absolute Gasteiger partial charge is 0.416 e. The van der Waals surface area contributed by atoms with E-state index in [-0.39, 0.29) is 23.1 Å². The van der Waals surface area contributed by atoms with Crippen LogP contribution in [0.5, 0.6) is 0 Å². The van der Waals surface area contributed by atoms with Crippen LogP contribution in [0.3, 0.4) is 0 Å². The summed E-state index contributed by atoms with van der Waals surface area (Å²) in [6.45, 7) is 2.08. The van der Waals surface area contributed by atoms with Crippen molar-refractivity contribution in [1.82, 2.24) is 14.8 Å². The molecule has 0 radical (unpaired) electrons. The maximum absolute atomic E-state index is 13.5. The number of hydrogen-bond acceptors (Lipinski definition) is 3. The molecule has 2 aromatic carbocycles. The highest BCUT2D eigenvalue weighted by Gasteiger charge is 2.48.